The van der Waals surface area contributed by atoms with Crippen molar-refractivity contribution in [3.8, 4) is 5.75 Å². The van der Waals surface area contributed by atoms with Gasteiger partial charge in [-0.1, -0.05) is 42.5 Å². The molecule has 3 aromatic carbocycles. The average molecular weight is 481 g/mol. The second kappa shape index (κ2) is 8.61. The fourth-order valence-electron chi connectivity index (χ4n) is 5.08. The molecule has 2 aliphatic heterocycles. The number of hydrogen-bond donors (Lipinski definition) is 1. The van der Waals surface area contributed by atoms with Crippen LogP contribution >= 0.6 is 0 Å². The molecule has 0 bridgehead atoms. The third-order valence-electron chi connectivity index (χ3n) is 6.89. The zero-order chi connectivity index (χ0) is 24.8. The van der Waals surface area contributed by atoms with Crippen molar-refractivity contribution in [3.05, 3.63) is 102 Å². The Bertz CT molecular complexity index is 1520. The largest absolute Gasteiger partial charge is 0.507 e. The number of carbonyl (C=O) groups is 2. The van der Waals surface area contributed by atoms with E-state index in [1.54, 1.807) is 30.3 Å². The van der Waals surface area contributed by atoms with E-state index in [-0.39, 0.29) is 17.9 Å². The lowest BCUT2D eigenvalue weighted by molar-refractivity contribution is -0.140. The predicted molar refractivity (Wildman–Crippen MR) is 136 cm³/mol. The van der Waals surface area contributed by atoms with E-state index < -0.39 is 17.7 Å². The summed E-state index contributed by atoms with van der Waals surface area (Å²) in [6.07, 6.45) is 1.53. The van der Waals surface area contributed by atoms with Crippen molar-refractivity contribution >= 4 is 33.9 Å². The molecule has 0 radical (unpaired) electrons. The van der Waals surface area contributed by atoms with Crippen LogP contribution < -0.4 is 9.64 Å². The minimum atomic E-state index is -0.786. The third-order valence-corrected chi connectivity index (χ3v) is 6.89. The van der Waals surface area contributed by atoms with Crippen molar-refractivity contribution < 1.29 is 23.8 Å². The number of carbonyl (C=O) groups excluding carboxylic acids is 2. The van der Waals surface area contributed by atoms with Crippen LogP contribution in [0.15, 0.2) is 89.0 Å². The Kier molecular flexibility index (Phi) is 5.25. The van der Waals surface area contributed by atoms with E-state index in [9.17, 15) is 14.7 Å². The lowest BCUT2D eigenvalue weighted by Crippen LogP contribution is -2.29. The zero-order valence-electron chi connectivity index (χ0n) is 19.7. The Morgan fingerprint density at radius 3 is 2.69 bits per heavy atom. The van der Waals surface area contributed by atoms with Crippen molar-refractivity contribution in [3.63, 3.8) is 0 Å². The topological polar surface area (TPSA) is 83.2 Å². The molecular weight excluding hydrogens is 456 g/mol. The maximum atomic E-state index is 13.5. The Balaban J connectivity index is 1.55. The minimum absolute atomic E-state index is 0.0576. The van der Waals surface area contributed by atoms with Gasteiger partial charge in [0, 0.05) is 12.6 Å². The average Bonchev–Trinajstić information content (AvgIpc) is 3.50. The number of anilines is 1. The molecule has 1 atom stereocenters. The molecule has 0 aliphatic carbocycles. The van der Waals surface area contributed by atoms with Gasteiger partial charge >= 0.3 is 0 Å². The van der Waals surface area contributed by atoms with Gasteiger partial charge in [0.2, 0.25) is 0 Å². The first-order chi connectivity index (χ1) is 17.5. The Labute approximate surface area is 207 Å². The Morgan fingerprint density at radius 2 is 1.86 bits per heavy atom. The highest BCUT2D eigenvalue weighted by molar-refractivity contribution is 6.46. The summed E-state index contributed by atoms with van der Waals surface area (Å²) in [4.78, 5) is 30.3. The smallest absolute Gasteiger partial charge is 0.296 e. The summed E-state index contributed by atoms with van der Waals surface area (Å²) < 4.78 is 11.2. The molecule has 1 saturated heterocycles. The number of nitrogens with zero attached hydrogens (tertiary/aromatic N) is 2. The summed E-state index contributed by atoms with van der Waals surface area (Å²) >= 11 is 0. The van der Waals surface area contributed by atoms with E-state index in [0.29, 0.717) is 30.2 Å². The third kappa shape index (κ3) is 3.51. The highest BCUT2D eigenvalue weighted by Crippen LogP contribution is 2.43. The number of hydrogen-bond acceptors (Lipinski definition) is 6. The molecule has 0 saturated carbocycles. The van der Waals surface area contributed by atoms with Crippen LogP contribution in [0.2, 0.25) is 0 Å². The van der Waals surface area contributed by atoms with Gasteiger partial charge in [0.25, 0.3) is 11.7 Å². The highest BCUT2D eigenvalue weighted by atomic mass is 16.5. The van der Waals surface area contributed by atoms with E-state index in [1.165, 1.54) is 11.2 Å². The number of furan rings is 1. The molecule has 7 nitrogen and oxygen atoms in total. The number of ether oxygens (including phenoxy) is 1. The van der Waals surface area contributed by atoms with Gasteiger partial charge in [-0.25, -0.2) is 0 Å². The zero-order valence-corrected chi connectivity index (χ0v) is 19.7. The quantitative estimate of drug-likeness (QED) is 0.255. The molecule has 4 aromatic rings. The van der Waals surface area contributed by atoms with Gasteiger partial charge in [0.1, 0.15) is 23.9 Å². The molecule has 2 aliphatic rings. The Hall–Kier alpha value is -4.52. The number of ketones is 1. The molecule has 1 amide bonds. The molecule has 1 unspecified atom stereocenters. The highest BCUT2D eigenvalue weighted by Gasteiger charge is 2.47. The lowest BCUT2D eigenvalue weighted by Gasteiger charge is -2.28. The van der Waals surface area contributed by atoms with Crippen molar-refractivity contribution in [2.75, 3.05) is 25.1 Å². The summed E-state index contributed by atoms with van der Waals surface area (Å²) in [6.45, 7) is 1.39. The number of amides is 1. The van der Waals surface area contributed by atoms with Crippen LogP contribution in [-0.4, -0.2) is 41.9 Å². The van der Waals surface area contributed by atoms with Gasteiger partial charge in [-0.05, 0) is 46.7 Å². The first-order valence-corrected chi connectivity index (χ1v) is 11.8. The number of aliphatic hydroxyl groups excluding tert-OH is 1. The second-order valence-corrected chi connectivity index (χ2v) is 9.03. The predicted octanol–water partition coefficient (Wildman–Crippen LogP) is 4.88. The molecule has 1 fully saturated rings. The fourth-order valence-corrected chi connectivity index (χ4v) is 5.08. The van der Waals surface area contributed by atoms with Crippen molar-refractivity contribution in [2.45, 2.75) is 12.6 Å². The van der Waals surface area contributed by atoms with Crippen LogP contribution in [0.25, 0.3) is 16.5 Å². The van der Waals surface area contributed by atoms with E-state index in [2.05, 4.69) is 0 Å². The summed E-state index contributed by atoms with van der Waals surface area (Å²) in [7, 11) is 1.95. The molecule has 0 spiro atoms. The number of likely N-dealkylation sites (tertiary alicyclic amines) is 1. The summed E-state index contributed by atoms with van der Waals surface area (Å²) in [5, 5.41) is 13.4. The van der Waals surface area contributed by atoms with Gasteiger partial charge in [-0.3, -0.25) is 9.59 Å². The molecule has 6 rings (SSSR count). The van der Waals surface area contributed by atoms with Crippen molar-refractivity contribution in [2.24, 2.45) is 0 Å². The van der Waals surface area contributed by atoms with Gasteiger partial charge in [0.15, 0.2) is 0 Å². The van der Waals surface area contributed by atoms with Crippen LogP contribution in [0.5, 0.6) is 5.75 Å². The van der Waals surface area contributed by atoms with Gasteiger partial charge in [0.05, 0.1) is 36.7 Å². The maximum absolute atomic E-state index is 13.5. The normalized spacial score (nSPS) is 19.0. The number of Topliss-reactive ketones (excluding diaryl/α,β-unsaturated/α-hetero) is 1. The Morgan fingerprint density at radius 1 is 1.03 bits per heavy atom. The van der Waals surface area contributed by atoms with E-state index in [4.69, 9.17) is 9.15 Å². The van der Waals surface area contributed by atoms with Gasteiger partial charge in [-0.15, -0.1) is 0 Å². The monoisotopic (exact) mass is 480 g/mol. The molecule has 180 valence electrons. The van der Waals surface area contributed by atoms with Gasteiger partial charge in [-0.2, -0.15) is 0 Å². The molecule has 3 heterocycles. The standard InChI is InChI=1S/C29H24N2O5/c1-30-13-15-36-24-12-11-19(16-23(24)30)27(32)25-26(22-10-4-7-18-6-2-3-9-21(18)22)31(29(34)28(25)33)17-20-8-5-14-35-20/h2-12,14,16,26,32H,13,15,17H2,1H3/b27-25+. The van der Waals surface area contributed by atoms with E-state index in [0.717, 1.165) is 22.0 Å². The molecular formula is C29H24N2O5. The van der Waals surface area contributed by atoms with Crippen LogP contribution in [-0.2, 0) is 16.1 Å². The van der Waals surface area contributed by atoms with Crippen LogP contribution in [0.3, 0.4) is 0 Å². The summed E-state index contributed by atoms with van der Waals surface area (Å²) in [6, 6.07) is 21.6. The number of fused-ring (bicyclic) bond motifs is 2. The molecule has 36 heavy (non-hydrogen) atoms. The van der Waals surface area contributed by atoms with Crippen molar-refractivity contribution in [1.82, 2.24) is 4.90 Å². The number of benzene rings is 3. The number of aliphatic hydroxyl groups is 1. The van der Waals surface area contributed by atoms with E-state index in [1.807, 2.05) is 54.4 Å². The van der Waals surface area contributed by atoms with Crippen LogP contribution in [0, 0.1) is 0 Å². The maximum Gasteiger partial charge on any atom is 0.296 e. The second-order valence-electron chi connectivity index (χ2n) is 9.03. The van der Waals surface area contributed by atoms with Crippen LogP contribution in [0.1, 0.15) is 22.9 Å². The molecule has 1 N–H and O–H groups in total. The van der Waals surface area contributed by atoms with Gasteiger partial charge < -0.3 is 24.1 Å². The summed E-state index contributed by atoms with van der Waals surface area (Å²) in [5.41, 5.74) is 2.09. The number of rotatable bonds is 4. The molecule has 1 aromatic heterocycles. The first kappa shape index (κ1) is 22.0. The first-order valence-electron chi connectivity index (χ1n) is 11.8. The SMILES string of the molecule is CN1CCOc2ccc(/C(O)=C3\C(=O)C(=O)N(Cc4ccco4)C3c3cccc4ccccc34)cc21. The fraction of sp³-hybridized carbons (Fsp3) is 0.172. The summed E-state index contributed by atoms with van der Waals surface area (Å²) in [5.74, 6) is -0.350. The van der Waals surface area contributed by atoms with E-state index >= 15 is 0 Å². The lowest BCUT2D eigenvalue weighted by atomic mass is 9.91. The number of likely N-dealkylation sites (N-methyl/N-ethyl adjacent to an activating group) is 1. The molecule has 7 heteroatoms. The minimum Gasteiger partial charge on any atom is -0.507 e. The van der Waals surface area contributed by atoms with Crippen molar-refractivity contribution in [1.29, 1.82) is 0 Å². The van der Waals surface area contributed by atoms with Crippen LogP contribution in [0.4, 0.5) is 5.69 Å².